The third-order valence-corrected chi connectivity index (χ3v) is 1.42. The smallest absolute Gasteiger partial charge is 0.229 e. The molecule has 14 heavy (non-hydrogen) atoms. The lowest BCUT2D eigenvalue weighted by atomic mass is 10.2. The minimum atomic E-state index is -0.748. The Morgan fingerprint density at radius 1 is 1.43 bits per heavy atom. The first-order valence-electron chi connectivity index (χ1n) is 3.82. The zero-order chi connectivity index (χ0) is 10.6. The Labute approximate surface area is 79.7 Å². The predicted octanol–water partition coefficient (Wildman–Crippen LogP) is 1.19. The Kier molecular flexibility index (Phi) is 3.19. The number of nitrogens with two attached hydrogens (primary N) is 1. The molecule has 0 radical (unpaired) electrons. The van der Waals surface area contributed by atoms with Crippen LogP contribution in [0.3, 0.4) is 0 Å². The van der Waals surface area contributed by atoms with Crippen LogP contribution in [0.5, 0.6) is 0 Å². The number of rotatable bonds is 1. The van der Waals surface area contributed by atoms with E-state index in [4.69, 9.17) is 5.73 Å². The van der Waals surface area contributed by atoms with E-state index >= 15 is 0 Å². The maximum atomic E-state index is 12.9. The summed E-state index contributed by atoms with van der Waals surface area (Å²) in [6, 6.07) is 3.03. The molecule has 0 aliphatic heterocycles. The Morgan fingerprint density at radius 3 is 2.71 bits per heavy atom. The second-order valence-electron chi connectivity index (χ2n) is 2.57. The van der Waals surface area contributed by atoms with Crippen molar-refractivity contribution in [3.63, 3.8) is 0 Å². The van der Waals surface area contributed by atoms with E-state index in [1.807, 2.05) is 0 Å². The van der Waals surface area contributed by atoms with E-state index in [1.165, 1.54) is 6.07 Å². The van der Waals surface area contributed by atoms with Crippen LogP contribution in [0.25, 0.3) is 0 Å². The maximum absolute atomic E-state index is 12.9. The largest absolute Gasteiger partial charge is 0.369 e. The third kappa shape index (κ3) is 2.87. The second kappa shape index (κ2) is 4.38. The molecule has 0 heterocycles. The first-order valence-corrected chi connectivity index (χ1v) is 3.82. The summed E-state index contributed by atoms with van der Waals surface area (Å²) >= 11 is 0. The highest BCUT2D eigenvalue weighted by Gasteiger charge is 1.99. The van der Waals surface area contributed by atoms with Crippen molar-refractivity contribution in [1.82, 2.24) is 0 Å². The van der Waals surface area contributed by atoms with E-state index < -0.39 is 17.5 Å². The number of halogens is 2. The maximum Gasteiger partial charge on any atom is 0.229 e. The van der Waals surface area contributed by atoms with E-state index in [0.717, 1.165) is 12.1 Å². The van der Waals surface area contributed by atoms with E-state index in [2.05, 4.69) is 11.8 Å². The van der Waals surface area contributed by atoms with Crippen LogP contribution in [-0.2, 0) is 4.79 Å². The van der Waals surface area contributed by atoms with E-state index in [-0.39, 0.29) is 12.0 Å². The first-order chi connectivity index (χ1) is 6.59. The standard InChI is InChI=1S/C10H7F2NO/c11-8-5-4-7(9(12)6-8)2-1-3-10(13)14/h4-6H,3H2,(H2,13,14). The monoisotopic (exact) mass is 195 g/mol. The van der Waals surface area contributed by atoms with Gasteiger partial charge in [0.25, 0.3) is 0 Å². The summed E-state index contributed by atoms with van der Waals surface area (Å²) in [7, 11) is 0. The van der Waals surface area contributed by atoms with Crippen molar-refractivity contribution in [2.24, 2.45) is 5.73 Å². The SMILES string of the molecule is NC(=O)CC#Cc1ccc(F)cc1F. The van der Waals surface area contributed by atoms with Crippen molar-refractivity contribution >= 4 is 5.91 Å². The lowest BCUT2D eigenvalue weighted by molar-refractivity contribution is -0.117. The Balaban J connectivity index is 2.85. The summed E-state index contributed by atoms with van der Waals surface area (Å²) in [5.74, 6) is 2.76. The predicted molar refractivity (Wildman–Crippen MR) is 47.0 cm³/mol. The van der Waals surface area contributed by atoms with Gasteiger partial charge < -0.3 is 5.73 Å². The molecular formula is C10H7F2NO. The van der Waals surface area contributed by atoms with Crippen LogP contribution in [0.15, 0.2) is 18.2 Å². The van der Waals surface area contributed by atoms with Crippen molar-refractivity contribution < 1.29 is 13.6 Å². The number of amides is 1. The fourth-order valence-electron chi connectivity index (χ4n) is 0.817. The van der Waals surface area contributed by atoms with Gasteiger partial charge in [0.2, 0.25) is 5.91 Å². The first kappa shape index (κ1) is 10.2. The summed E-state index contributed by atoms with van der Waals surface area (Å²) in [6.45, 7) is 0. The number of carbonyl (C=O) groups excluding carboxylic acids is 1. The van der Waals surface area contributed by atoms with Crippen LogP contribution >= 0.6 is 0 Å². The fraction of sp³-hybridized carbons (Fsp3) is 0.100. The van der Waals surface area contributed by atoms with Crippen molar-refractivity contribution in [3.05, 3.63) is 35.4 Å². The average molecular weight is 195 g/mol. The van der Waals surface area contributed by atoms with Crippen molar-refractivity contribution in [2.45, 2.75) is 6.42 Å². The van der Waals surface area contributed by atoms with Gasteiger partial charge in [-0.05, 0) is 12.1 Å². The van der Waals surface area contributed by atoms with Gasteiger partial charge >= 0.3 is 0 Å². The molecule has 0 saturated heterocycles. The molecule has 72 valence electrons. The van der Waals surface area contributed by atoms with Crippen LogP contribution in [0.1, 0.15) is 12.0 Å². The molecule has 1 amide bonds. The van der Waals surface area contributed by atoms with Crippen LogP contribution in [0.4, 0.5) is 8.78 Å². The molecule has 0 aliphatic rings. The fourth-order valence-corrected chi connectivity index (χ4v) is 0.817. The number of benzene rings is 1. The summed E-state index contributed by atoms with van der Waals surface area (Å²) in [5, 5.41) is 0. The van der Waals surface area contributed by atoms with Crippen LogP contribution in [-0.4, -0.2) is 5.91 Å². The molecule has 1 rings (SSSR count). The Morgan fingerprint density at radius 2 is 2.14 bits per heavy atom. The third-order valence-electron chi connectivity index (χ3n) is 1.42. The van der Waals surface area contributed by atoms with Crippen molar-refractivity contribution in [1.29, 1.82) is 0 Å². The number of primary amides is 1. The second-order valence-corrected chi connectivity index (χ2v) is 2.57. The molecule has 0 bridgehead atoms. The molecule has 2 N–H and O–H groups in total. The summed E-state index contributed by atoms with van der Waals surface area (Å²) < 4.78 is 25.4. The number of carbonyl (C=O) groups is 1. The minimum Gasteiger partial charge on any atom is -0.369 e. The van der Waals surface area contributed by atoms with Gasteiger partial charge in [0, 0.05) is 6.07 Å². The number of hydrogen-bond donors (Lipinski definition) is 1. The highest BCUT2D eigenvalue weighted by atomic mass is 19.1. The van der Waals surface area contributed by atoms with E-state index in [9.17, 15) is 13.6 Å². The van der Waals surface area contributed by atoms with Crippen molar-refractivity contribution in [3.8, 4) is 11.8 Å². The zero-order valence-corrected chi connectivity index (χ0v) is 7.18. The molecule has 0 saturated carbocycles. The van der Waals surface area contributed by atoms with E-state index in [0.29, 0.717) is 0 Å². The molecule has 0 spiro atoms. The highest BCUT2D eigenvalue weighted by Crippen LogP contribution is 2.07. The molecule has 1 aromatic carbocycles. The summed E-state index contributed by atoms with van der Waals surface area (Å²) in [5.41, 5.74) is 4.87. The summed E-state index contributed by atoms with van der Waals surface area (Å²) in [4.78, 5) is 10.3. The number of hydrogen-bond acceptors (Lipinski definition) is 1. The Hall–Kier alpha value is -1.89. The Bertz CT molecular complexity index is 418. The van der Waals surface area contributed by atoms with Gasteiger partial charge in [0.15, 0.2) is 0 Å². The molecule has 0 fully saturated rings. The minimum absolute atomic E-state index is 0.0488. The van der Waals surface area contributed by atoms with Gasteiger partial charge in [0.05, 0.1) is 12.0 Å². The van der Waals surface area contributed by atoms with Crippen molar-refractivity contribution in [2.75, 3.05) is 0 Å². The van der Waals surface area contributed by atoms with Crippen LogP contribution < -0.4 is 5.73 Å². The molecule has 1 aromatic rings. The molecule has 0 unspecified atom stereocenters. The summed E-state index contributed by atoms with van der Waals surface area (Å²) in [6.07, 6.45) is -0.142. The molecule has 0 aromatic heterocycles. The topological polar surface area (TPSA) is 43.1 Å². The van der Waals surface area contributed by atoms with Gasteiger partial charge in [-0.3, -0.25) is 4.79 Å². The molecule has 2 nitrogen and oxygen atoms in total. The lowest BCUT2D eigenvalue weighted by Crippen LogP contribution is -2.08. The van der Waals surface area contributed by atoms with Gasteiger partial charge in [-0.2, -0.15) is 0 Å². The highest BCUT2D eigenvalue weighted by molar-refractivity contribution is 5.76. The van der Waals surface area contributed by atoms with Gasteiger partial charge in [0.1, 0.15) is 11.6 Å². The van der Waals surface area contributed by atoms with E-state index in [1.54, 1.807) is 0 Å². The van der Waals surface area contributed by atoms with Gasteiger partial charge in [-0.25, -0.2) is 8.78 Å². The molecular weight excluding hydrogens is 188 g/mol. The molecule has 4 heteroatoms. The molecule has 0 atom stereocenters. The van der Waals surface area contributed by atoms with Crippen LogP contribution in [0.2, 0.25) is 0 Å². The normalized spacial score (nSPS) is 9.00. The lowest BCUT2D eigenvalue weighted by Gasteiger charge is -1.93. The zero-order valence-electron chi connectivity index (χ0n) is 7.18. The molecule has 0 aliphatic carbocycles. The quantitative estimate of drug-likeness (QED) is 0.672. The van der Waals surface area contributed by atoms with Gasteiger partial charge in [-0.15, -0.1) is 0 Å². The van der Waals surface area contributed by atoms with Gasteiger partial charge in [-0.1, -0.05) is 11.8 Å². The average Bonchev–Trinajstić information content (AvgIpc) is 2.08. The van der Waals surface area contributed by atoms with Crippen LogP contribution in [0, 0.1) is 23.5 Å².